The van der Waals surface area contributed by atoms with Gasteiger partial charge in [-0.3, -0.25) is 4.79 Å². The third-order valence-corrected chi connectivity index (χ3v) is 15.6. The lowest BCUT2D eigenvalue weighted by Crippen LogP contribution is -2.59. The SMILES string of the molecule is CCCCOC(=O)N[C@@H]1[C@H](C)O[C@@H](O[C@H]2[C@H](C)O[C@@H](O[C@@H]3/C(C)=C/C[C@@H]4C[C@@H](C[C@]5(C=C[C@H](C)[C@@H]([C@@H](C)CC)O5)O4)OC(=O)[C@@H]4C=C(C)[C@@H](O)[C@H]5OC/C(=C\C=C\[C@@H]3C)[C@]54O)C[C@@H]2OC)C[C@@H]1OC. The Bertz CT molecular complexity index is 1920. The molecule has 7 rings (SSSR count). The van der Waals surface area contributed by atoms with Crippen LogP contribution in [-0.4, -0.2) is 147 Å². The van der Waals surface area contributed by atoms with Crippen molar-refractivity contribution in [2.24, 2.45) is 23.7 Å². The maximum absolute atomic E-state index is 14.4. The molecule has 2 bridgehead atoms. The number of amides is 1. The van der Waals surface area contributed by atoms with Gasteiger partial charge in [0.05, 0.1) is 62.0 Å². The van der Waals surface area contributed by atoms with Gasteiger partial charge in [-0.25, -0.2) is 4.79 Å². The molecule has 16 nitrogen and oxygen atoms in total. The van der Waals surface area contributed by atoms with E-state index in [0.29, 0.717) is 43.4 Å². The number of esters is 1. The van der Waals surface area contributed by atoms with Crippen LogP contribution in [0.5, 0.6) is 0 Å². The molecular weight excluding hydrogens is 891 g/mol. The molecule has 1 aliphatic carbocycles. The van der Waals surface area contributed by atoms with E-state index >= 15 is 0 Å². The summed E-state index contributed by atoms with van der Waals surface area (Å²) in [7, 11) is 3.26. The minimum atomic E-state index is -1.85. The Labute approximate surface area is 409 Å². The number of aliphatic hydroxyl groups excluding tert-OH is 1. The fraction of sp³-hybridized carbons (Fsp3) is 0.774. The second-order valence-electron chi connectivity index (χ2n) is 20.6. The molecule has 69 heavy (non-hydrogen) atoms. The number of fused-ring (bicyclic) bond motifs is 2. The van der Waals surface area contributed by atoms with Crippen molar-refractivity contribution in [3.05, 3.63) is 59.3 Å². The van der Waals surface area contributed by atoms with Crippen LogP contribution in [0.1, 0.15) is 114 Å². The van der Waals surface area contributed by atoms with E-state index in [1.807, 2.05) is 45.9 Å². The highest BCUT2D eigenvalue weighted by Crippen LogP contribution is 2.47. The quantitative estimate of drug-likeness (QED) is 0.104. The van der Waals surface area contributed by atoms with Crippen LogP contribution >= 0.6 is 0 Å². The first-order chi connectivity index (χ1) is 32.9. The zero-order chi connectivity index (χ0) is 49.8. The lowest BCUT2D eigenvalue weighted by molar-refractivity contribution is -0.311. The maximum atomic E-state index is 14.4. The molecular formula is C53H81NO15. The van der Waals surface area contributed by atoms with Gasteiger partial charge in [0.25, 0.3) is 0 Å². The third kappa shape index (κ3) is 11.9. The summed E-state index contributed by atoms with van der Waals surface area (Å²) in [5.41, 5.74) is 0.0976. The number of carbonyl (C=O) groups excluding carboxylic acids is 2. The van der Waals surface area contributed by atoms with Gasteiger partial charge in [-0.05, 0) is 69.2 Å². The van der Waals surface area contributed by atoms with Gasteiger partial charge in [0.15, 0.2) is 18.4 Å². The largest absolute Gasteiger partial charge is 0.462 e. The number of ether oxygens (including phenoxy) is 11. The number of nitrogens with one attached hydrogen (secondary N) is 1. The van der Waals surface area contributed by atoms with Crippen LogP contribution in [0.15, 0.2) is 59.3 Å². The van der Waals surface area contributed by atoms with Crippen LogP contribution < -0.4 is 5.32 Å². The minimum Gasteiger partial charge on any atom is -0.462 e. The topological polar surface area (TPSA) is 188 Å². The Morgan fingerprint density at radius 2 is 1.65 bits per heavy atom. The monoisotopic (exact) mass is 972 g/mol. The predicted molar refractivity (Wildman–Crippen MR) is 254 cm³/mol. The maximum Gasteiger partial charge on any atom is 0.407 e. The number of unbranched alkanes of at least 4 members (excludes halogenated alkanes) is 1. The van der Waals surface area contributed by atoms with E-state index in [1.54, 1.807) is 33.3 Å². The molecule has 7 aliphatic rings. The number of carbonyl (C=O) groups is 2. The van der Waals surface area contributed by atoms with Crippen molar-refractivity contribution >= 4 is 12.1 Å². The van der Waals surface area contributed by atoms with Crippen molar-refractivity contribution in [1.82, 2.24) is 5.32 Å². The van der Waals surface area contributed by atoms with Crippen LogP contribution in [0, 0.1) is 23.7 Å². The van der Waals surface area contributed by atoms with E-state index in [0.717, 1.165) is 24.8 Å². The molecule has 388 valence electrons. The number of methoxy groups -OCH3 is 2. The van der Waals surface area contributed by atoms with Gasteiger partial charge in [0.2, 0.25) is 0 Å². The van der Waals surface area contributed by atoms with E-state index in [9.17, 15) is 19.8 Å². The van der Waals surface area contributed by atoms with Crippen molar-refractivity contribution in [2.45, 2.75) is 211 Å². The molecule has 0 aromatic rings. The first kappa shape index (κ1) is 53.8. The summed E-state index contributed by atoms with van der Waals surface area (Å²) in [6, 6.07) is -0.433. The van der Waals surface area contributed by atoms with Crippen LogP contribution in [0.2, 0.25) is 0 Å². The van der Waals surface area contributed by atoms with Crippen molar-refractivity contribution in [1.29, 1.82) is 0 Å². The average Bonchev–Trinajstić information content (AvgIpc) is 3.66. The molecule has 4 fully saturated rings. The number of alkyl carbamates (subject to hydrolysis) is 1. The Kier molecular flexibility index (Phi) is 18.1. The summed E-state index contributed by atoms with van der Waals surface area (Å²) in [5.74, 6) is -2.63. The van der Waals surface area contributed by atoms with Crippen LogP contribution in [0.4, 0.5) is 4.79 Å². The number of hydrogen-bond acceptors (Lipinski definition) is 15. The minimum absolute atomic E-state index is 0.0224. The fourth-order valence-corrected chi connectivity index (χ4v) is 11.3. The van der Waals surface area contributed by atoms with E-state index in [1.165, 1.54) is 0 Å². The number of allylic oxidation sites excluding steroid dienone is 2. The molecule has 16 heteroatoms. The third-order valence-electron chi connectivity index (χ3n) is 15.6. The second kappa shape index (κ2) is 23.3. The Hall–Kier alpha value is -3.00. The second-order valence-corrected chi connectivity index (χ2v) is 20.6. The highest BCUT2D eigenvalue weighted by molar-refractivity contribution is 5.78. The first-order valence-corrected chi connectivity index (χ1v) is 25.5. The van der Waals surface area contributed by atoms with Crippen LogP contribution in [0.3, 0.4) is 0 Å². The molecule has 1 amide bonds. The van der Waals surface area contributed by atoms with Crippen molar-refractivity contribution in [3.8, 4) is 0 Å². The van der Waals surface area contributed by atoms with Crippen LogP contribution in [0.25, 0.3) is 0 Å². The standard InChI is InChI=1S/C53H81NO15/c1-12-14-22-61-51(57)54-44-34(8)63-42(25-40(44)59-10)67-48-35(9)64-43(26-41(48)60-11)66-46-30(4)16-15-17-36-28-62-49-45(55)33(7)23-39(53(36,49)58)50(56)65-38-24-37(19-18-31(46)5)68-52(27-38)21-20-32(6)47(69-52)29(3)13-2/h15-18,20-21,23,29-30,32,34-35,37-49,55,58H,12-14,19,22,24-28H2,1-11H3,(H,54,57)/b16-15+,31-18+,36-17+/t29-,30-,32-,34-,35-,37+,38-,39-,40-,41-,42-,43-,44+,45+,46-,47+,48-,49+,52+,53+/m0/s1. The molecule has 20 atom stereocenters. The van der Waals surface area contributed by atoms with E-state index in [-0.39, 0.29) is 43.0 Å². The predicted octanol–water partition coefficient (Wildman–Crippen LogP) is 6.91. The van der Waals surface area contributed by atoms with Gasteiger partial charge in [-0.15, -0.1) is 0 Å². The smallest absolute Gasteiger partial charge is 0.407 e. The summed E-state index contributed by atoms with van der Waals surface area (Å²) in [5, 5.41) is 26.7. The zero-order valence-corrected chi connectivity index (χ0v) is 42.7. The number of rotatable bonds is 12. The van der Waals surface area contributed by atoms with Gasteiger partial charge < -0.3 is 67.6 Å². The first-order valence-electron chi connectivity index (χ1n) is 25.5. The molecule has 0 aromatic carbocycles. The Balaban J connectivity index is 1.12. The lowest BCUT2D eigenvalue weighted by Gasteiger charge is -2.48. The lowest BCUT2D eigenvalue weighted by atomic mass is 9.71. The average molecular weight is 972 g/mol. The van der Waals surface area contributed by atoms with E-state index < -0.39 is 103 Å². The van der Waals surface area contributed by atoms with Crippen LogP contribution in [-0.2, 0) is 56.9 Å². The Morgan fingerprint density at radius 1 is 0.928 bits per heavy atom. The van der Waals surface area contributed by atoms with Gasteiger partial charge in [0, 0.05) is 51.7 Å². The Morgan fingerprint density at radius 3 is 2.38 bits per heavy atom. The van der Waals surface area contributed by atoms with Gasteiger partial charge in [-0.2, -0.15) is 0 Å². The normalized spacial score (nSPS) is 45.2. The van der Waals surface area contributed by atoms with E-state index in [2.05, 4.69) is 45.2 Å². The number of hydrogen-bond donors (Lipinski definition) is 3. The highest BCUT2D eigenvalue weighted by Gasteiger charge is 2.60. The summed E-state index contributed by atoms with van der Waals surface area (Å²) < 4.78 is 70.1. The van der Waals surface area contributed by atoms with Gasteiger partial charge >= 0.3 is 12.1 Å². The van der Waals surface area contributed by atoms with E-state index in [4.69, 9.17) is 52.1 Å². The van der Waals surface area contributed by atoms with Gasteiger partial charge in [0.1, 0.15) is 35.9 Å². The van der Waals surface area contributed by atoms with Crippen molar-refractivity contribution < 1.29 is 71.9 Å². The molecule has 6 aliphatic heterocycles. The summed E-state index contributed by atoms with van der Waals surface area (Å²) in [4.78, 5) is 27.0. The molecule has 0 radical (unpaired) electrons. The number of aliphatic hydroxyl groups is 2. The summed E-state index contributed by atoms with van der Waals surface area (Å²) in [6.45, 7) is 18.5. The fourth-order valence-electron chi connectivity index (χ4n) is 11.3. The summed E-state index contributed by atoms with van der Waals surface area (Å²) in [6.07, 6.45) is 10.2. The molecule has 0 unspecified atom stereocenters. The van der Waals surface area contributed by atoms with Crippen molar-refractivity contribution in [3.63, 3.8) is 0 Å². The molecule has 0 aromatic heterocycles. The molecule has 6 heterocycles. The summed E-state index contributed by atoms with van der Waals surface area (Å²) >= 11 is 0. The molecule has 1 spiro atoms. The molecule has 3 N–H and O–H groups in total. The highest BCUT2D eigenvalue weighted by atomic mass is 16.7. The van der Waals surface area contributed by atoms with Crippen molar-refractivity contribution in [2.75, 3.05) is 27.4 Å². The molecule has 4 saturated heterocycles. The zero-order valence-electron chi connectivity index (χ0n) is 42.7. The molecule has 0 saturated carbocycles. The van der Waals surface area contributed by atoms with Gasteiger partial charge in [-0.1, -0.05) is 83.9 Å².